The van der Waals surface area contributed by atoms with Gasteiger partial charge < -0.3 is 15.7 Å². The number of rotatable bonds is 10. The third kappa shape index (κ3) is 7.84. The zero-order valence-corrected chi connectivity index (χ0v) is 16.4. The highest BCUT2D eigenvalue weighted by Gasteiger charge is 2.27. The van der Waals surface area contributed by atoms with Crippen molar-refractivity contribution in [3.05, 3.63) is 0 Å². The molecule has 0 aliphatic carbocycles. The number of hydrogen-bond acceptors (Lipinski definition) is 3. The van der Waals surface area contributed by atoms with Crippen LogP contribution < -0.4 is 10.6 Å². The topological polar surface area (TPSA) is 59.9 Å². The minimum Gasteiger partial charge on any atom is -0.396 e. The van der Waals surface area contributed by atoms with Crippen molar-refractivity contribution in [3.8, 4) is 0 Å². The molecule has 1 unspecified atom stereocenters. The fourth-order valence-electron chi connectivity index (χ4n) is 3.39. The highest BCUT2D eigenvalue weighted by Crippen LogP contribution is 2.20. The van der Waals surface area contributed by atoms with Crippen molar-refractivity contribution in [1.29, 1.82) is 0 Å². The van der Waals surface area contributed by atoms with Crippen LogP contribution >= 0.6 is 0 Å². The van der Waals surface area contributed by atoms with E-state index in [4.69, 9.17) is 4.99 Å². The molecule has 0 radical (unpaired) electrons. The van der Waals surface area contributed by atoms with Gasteiger partial charge in [-0.3, -0.25) is 9.89 Å². The van der Waals surface area contributed by atoms with Crippen LogP contribution in [0.1, 0.15) is 66.2 Å². The first-order valence-electron chi connectivity index (χ1n) is 9.91. The Bertz CT molecular complexity index is 345. The molecule has 1 heterocycles. The first-order valence-corrected chi connectivity index (χ1v) is 9.91. The van der Waals surface area contributed by atoms with Gasteiger partial charge in [0.1, 0.15) is 0 Å². The summed E-state index contributed by atoms with van der Waals surface area (Å²) in [5, 5.41) is 16.0. The summed E-state index contributed by atoms with van der Waals surface area (Å²) >= 11 is 0. The van der Waals surface area contributed by atoms with E-state index < -0.39 is 0 Å². The first kappa shape index (κ1) is 21.2. The van der Waals surface area contributed by atoms with Crippen LogP contribution in [0.25, 0.3) is 0 Å². The summed E-state index contributed by atoms with van der Waals surface area (Å²) in [5.74, 6) is 1.42. The van der Waals surface area contributed by atoms with Crippen LogP contribution in [0.15, 0.2) is 4.99 Å². The maximum Gasteiger partial charge on any atom is 0.191 e. The average Bonchev–Trinajstić information content (AvgIpc) is 2.58. The summed E-state index contributed by atoms with van der Waals surface area (Å²) in [5.41, 5.74) is 0.108. The number of nitrogens with one attached hydrogen (secondary N) is 2. The van der Waals surface area contributed by atoms with Crippen LogP contribution in [0, 0.1) is 5.92 Å². The van der Waals surface area contributed by atoms with Crippen LogP contribution in [0.3, 0.4) is 0 Å². The smallest absolute Gasteiger partial charge is 0.191 e. The zero-order chi connectivity index (χ0) is 17.8. The second-order valence-electron chi connectivity index (χ2n) is 7.60. The quantitative estimate of drug-likeness (QED) is 0.423. The van der Waals surface area contributed by atoms with E-state index in [-0.39, 0.29) is 12.1 Å². The van der Waals surface area contributed by atoms with Gasteiger partial charge >= 0.3 is 0 Å². The summed E-state index contributed by atoms with van der Waals surface area (Å²) in [7, 11) is 0. The Hall–Kier alpha value is -0.810. The van der Waals surface area contributed by atoms with E-state index in [1.165, 1.54) is 32.4 Å². The number of aliphatic hydroxyl groups is 1. The van der Waals surface area contributed by atoms with Crippen molar-refractivity contribution in [3.63, 3.8) is 0 Å². The van der Waals surface area contributed by atoms with Gasteiger partial charge in [-0.1, -0.05) is 19.8 Å². The van der Waals surface area contributed by atoms with Gasteiger partial charge in [0.2, 0.25) is 0 Å². The Morgan fingerprint density at radius 3 is 2.42 bits per heavy atom. The van der Waals surface area contributed by atoms with Gasteiger partial charge in [0.25, 0.3) is 0 Å². The number of likely N-dealkylation sites (tertiary alicyclic amines) is 1. The highest BCUT2D eigenvalue weighted by atomic mass is 16.3. The van der Waals surface area contributed by atoms with E-state index in [2.05, 4.69) is 43.2 Å². The first-order chi connectivity index (χ1) is 11.5. The molecule has 3 N–H and O–H groups in total. The van der Waals surface area contributed by atoms with E-state index in [1.54, 1.807) is 0 Å². The molecule has 0 saturated carbocycles. The second kappa shape index (κ2) is 11.7. The molecule has 0 bridgehead atoms. The second-order valence-corrected chi connectivity index (χ2v) is 7.60. The lowest BCUT2D eigenvalue weighted by Crippen LogP contribution is -2.49. The molecule has 5 heteroatoms. The minimum absolute atomic E-state index is 0.108. The predicted octanol–water partition coefficient (Wildman–Crippen LogP) is 2.60. The molecule has 1 aliphatic heterocycles. The summed E-state index contributed by atoms with van der Waals surface area (Å²) in [6, 6.07) is 0. The molecular weight excluding hydrogens is 300 g/mol. The molecule has 0 aromatic rings. The maximum absolute atomic E-state index is 9.21. The summed E-state index contributed by atoms with van der Waals surface area (Å²) in [6.07, 6.45) is 7.15. The zero-order valence-electron chi connectivity index (χ0n) is 16.4. The SMILES string of the molecule is CCCC(CCO)CNC(=NCC(C)(C)N1CCCCC1)NCC. The summed E-state index contributed by atoms with van der Waals surface area (Å²) < 4.78 is 0. The Balaban J connectivity index is 2.56. The van der Waals surface area contributed by atoms with Crippen LogP contribution in [0.5, 0.6) is 0 Å². The molecule has 0 spiro atoms. The number of piperidine rings is 1. The molecule has 0 amide bonds. The lowest BCUT2D eigenvalue weighted by molar-refractivity contribution is 0.102. The Labute approximate surface area is 149 Å². The van der Waals surface area contributed by atoms with Crippen molar-refractivity contribution in [1.82, 2.24) is 15.5 Å². The monoisotopic (exact) mass is 340 g/mol. The van der Waals surface area contributed by atoms with Gasteiger partial charge in [-0.05, 0) is 65.5 Å². The van der Waals surface area contributed by atoms with Crippen LogP contribution in [-0.2, 0) is 0 Å². The van der Waals surface area contributed by atoms with E-state index in [0.717, 1.165) is 44.9 Å². The van der Waals surface area contributed by atoms with Crippen molar-refractivity contribution < 1.29 is 5.11 Å². The van der Waals surface area contributed by atoms with Crippen LogP contribution in [-0.4, -0.2) is 60.8 Å². The molecule has 0 aromatic carbocycles. The van der Waals surface area contributed by atoms with Crippen molar-refractivity contribution in [2.24, 2.45) is 10.9 Å². The average molecular weight is 341 g/mol. The molecule has 1 rings (SSSR count). The fraction of sp³-hybridized carbons (Fsp3) is 0.947. The van der Waals surface area contributed by atoms with Gasteiger partial charge in [0.05, 0.1) is 6.54 Å². The van der Waals surface area contributed by atoms with Gasteiger partial charge in [0, 0.05) is 25.2 Å². The van der Waals surface area contributed by atoms with Crippen LogP contribution in [0.2, 0.25) is 0 Å². The van der Waals surface area contributed by atoms with E-state index in [0.29, 0.717) is 5.92 Å². The molecule has 1 fully saturated rings. The standard InChI is InChI=1S/C19H40N4O/c1-5-10-17(11-14-24)15-21-18(20-6-2)22-16-19(3,4)23-12-8-7-9-13-23/h17,24H,5-16H2,1-4H3,(H2,20,21,22). The molecule has 24 heavy (non-hydrogen) atoms. The number of aliphatic imine (C=N–C) groups is 1. The van der Waals surface area contributed by atoms with E-state index >= 15 is 0 Å². The molecule has 5 nitrogen and oxygen atoms in total. The maximum atomic E-state index is 9.21. The molecule has 1 aliphatic rings. The molecule has 1 atom stereocenters. The summed E-state index contributed by atoms with van der Waals surface area (Å²) in [6.45, 7) is 14.1. The predicted molar refractivity (Wildman–Crippen MR) is 104 cm³/mol. The van der Waals surface area contributed by atoms with Crippen molar-refractivity contribution in [2.45, 2.75) is 71.8 Å². The number of aliphatic hydroxyl groups excluding tert-OH is 1. The Kier molecular flexibility index (Phi) is 10.3. The highest BCUT2D eigenvalue weighted by molar-refractivity contribution is 5.79. The molecule has 1 saturated heterocycles. The lowest BCUT2D eigenvalue weighted by atomic mass is 9.99. The van der Waals surface area contributed by atoms with Gasteiger partial charge in [-0.15, -0.1) is 0 Å². The van der Waals surface area contributed by atoms with E-state index in [9.17, 15) is 5.11 Å². The van der Waals surface area contributed by atoms with Crippen molar-refractivity contribution in [2.75, 3.05) is 39.3 Å². The number of nitrogens with zero attached hydrogens (tertiary/aromatic N) is 2. The fourth-order valence-corrected chi connectivity index (χ4v) is 3.39. The Morgan fingerprint density at radius 1 is 1.12 bits per heavy atom. The van der Waals surface area contributed by atoms with Gasteiger partial charge in [-0.25, -0.2) is 0 Å². The number of guanidine groups is 1. The van der Waals surface area contributed by atoms with Crippen LogP contribution in [0.4, 0.5) is 0 Å². The minimum atomic E-state index is 0.108. The largest absolute Gasteiger partial charge is 0.396 e. The van der Waals surface area contributed by atoms with Crippen molar-refractivity contribution >= 4 is 5.96 Å². The van der Waals surface area contributed by atoms with Gasteiger partial charge in [-0.2, -0.15) is 0 Å². The lowest BCUT2D eigenvalue weighted by Gasteiger charge is -2.40. The van der Waals surface area contributed by atoms with Gasteiger partial charge in [0.15, 0.2) is 5.96 Å². The molecule has 142 valence electrons. The Morgan fingerprint density at radius 2 is 1.83 bits per heavy atom. The third-order valence-corrected chi connectivity index (χ3v) is 4.97. The molecule has 0 aromatic heterocycles. The molecular formula is C19H40N4O. The number of hydrogen-bond donors (Lipinski definition) is 3. The van der Waals surface area contributed by atoms with E-state index in [1.807, 2.05) is 0 Å². The third-order valence-electron chi connectivity index (χ3n) is 4.97. The normalized spacial score (nSPS) is 18.5. The summed E-state index contributed by atoms with van der Waals surface area (Å²) in [4.78, 5) is 7.42.